The Balaban J connectivity index is 1.23. The topological polar surface area (TPSA) is 52.6 Å². The number of amides is 1. The molecule has 8 heteroatoms. The highest BCUT2D eigenvalue weighted by atomic mass is 32.2. The van der Waals surface area contributed by atoms with Crippen LogP contribution >= 0.6 is 11.8 Å². The Hall–Kier alpha value is -3.13. The van der Waals surface area contributed by atoms with Crippen molar-refractivity contribution in [3.63, 3.8) is 0 Å². The molecule has 176 valence electrons. The SMILES string of the molecule is O=C(C1CCCN(c2nccnc2Sc2ccccc2)C1)N1CCN(c2ccccc2F)CC1. The van der Waals surface area contributed by atoms with E-state index in [-0.39, 0.29) is 17.6 Å². The summed E-state index contributed by atoms with van der Waals surface area (Å²) in [5.41, 5.74) is 0.615. The molecule has 0 radical (unpaired) electrons. The van der Waals surface area contributed by atoms with E-state index in [0.29, 0.717) is 38.4 Å². The zero-order valence-corrected chi connectivity index (χ0v) is 19.8. The van der Waals surface area contributed by atoms with E-state index in [1.165, 1.54) is 6.07 Å². The highest BCUT2D eigenvalue weighted by molar-refractivity contribution is 7.99. The molecule has 2 aliphatic heterocycles. The van der Waals surface area contributed by atoms with Crippen molar-refractivity contribution in [2.24, 2.45) is 5.92 Å². The van der Waals surface area contributed by atoms with Crippen molar-refractivity contribution in [1.29, 1.82) is 0 Å². The van der Waals surface area contributed by atoms with Crippen molar-refractivity contribution < 1.29 is 9.18 Å². The monoisotopic (exact) mass is 477 g/mol. The summed E-state index contributed by atoms with van der Waals surface area (Å²) in [6.07, 6.45) is 5.26. The molecule has 0 aliphatic carbocycles. The molecular weight excluding hydrogens is 449 g/mol. The van der Waals surface area contributed by atoms with Gasteiger partial charge in [0.2, 0.25) is 5.91 Å². The Morgan fingerprint density at radius 3 is 2.41 bits per heavy atom. The van der Waals surface area contributed by atoms with Gasteiger partial charge in [0.05, 0.1) is 11.6 Å². The van der Waals surface area contributed by atoms with Crippen LogP contribution in [-0.2, 0) is 4.79 Å². The fourth-order valence-electron chi connectivity index (χ4n) is 4.71. The third-order valence-corrected chi connectivity index (χ3v) is 7.45. The van der Waals surface area contributed by atoms with Gasteiger partial charge in [0.25, 0.3) is 0 Å². The summed E-state index contributed by atoms with van der Waals surface area (Å²) < 4.78 is 14.2. The van der Waals surface area contributed by atoms with Gasteiger partial charge in [0.1, 0.15) is 10.8 Å². The van der Waals surface area contributed by atoms with Gasteiger partial charge in [0.15, 0.2) is 5.82 Å². The molecule has 0 N–H and O–H groups in total. The third kappa shape index (κ3) is 5.01. The first-order valence-electron chi connectivity index (χ1n) is 11.8. The van der Waals surface area contributed by atoms with Crippen LogP contribution in [0.25, 0.3) is 0 Å². The van der Waals surface area contributed by atoms with Crippen LogP contribution in [0.3, 0.4) is 0 Å². The lowest BCUT2D eigenvalue weighted by Gasteiger charge is -2.40. The van der Waals surface area contributed by atoms with Gasteiger partial charge in [-0.25, -0.2) is 14.4 Å². The average molecular weight is 478 g/mol. The van der Waals surface area contributed by atoms with E-state index in [1.54, 1.807) is 36.3 Å². The van der Waals surface area contributed by atoms with Crippen molar-refractivity contribution in [3.8, 4) is 0 Å². The molecule has 2 aromatic carbocycles. The maximum Gasteiger partial charge on any atom is 0.227 e. The van der Waals surface area contributed by atoms with Crippen LogP contribution in [-0.4, -0.2) is 60.0 Å². The van der Waals surface area contributed by atoms with Crippen molar-refractivity contribution in [3.05, 3.63) is 72.8 Å². The van der Waals surface area contributed by atoms with Crippen LogP contribution in [0.4, 0.5) is 15.9 Å². The molecular formula is C26H28FN5OS. The lowest BCUT2D eigenvalue weighted by atomic mass is 9.96. The number of piperazine rings is 1. The van der Waals surface area contributed by atoms with E-state index in [9.17, 15) is 9.18 Å². The maximum absolute atomic E-state index is 14.2. The third-order valence-electron chi connectivity index (χ3n) is 6.46. The molecule has 2 fully saturated rings. The lowest BCUT2D eigenvalue weighted by molar-refractivity contribution is -0.136. The highest BCUT2D eigenvalue weighted by Crippen LogP contribution is 2.34. The Morgan fingerprint density at radius 1 is 0.882 bits per heavy atom. The zero-order chi connectivity index (χ0) is 23.3. The Kier molecular flexibility index (Phi) is 6.94. The van der Waals surface area contributed by atoms with Gasteiger partial charge in [-0.15, -0.1) is 0 Å². The summed E-state index contributed by atoms with van der Waals surface area (Å²) in [7, 11) is 0. The van der Waals surface area contributed by atoms with Crippen molar-refractivity contribution in [2.45, 2.75) is 22.8 Å². The molecule has 3 heterocycles. The summed E-state index contributed by atoms with van der Waals surface area (Å²) in [5, 5.41) is 0.861. The number of halogens is 1. The van der Waals surface area contributed by atoms with Crippen molar-refractivity contribution in [2.75, 3.05) is 49.1 Å². The molecule has 0 spiro atoms. The number of carbonyl (C=O) groups is 1. The molecule has 1 unspecified atom stereocenters. The molecule has 5 rings (SSSR count). The Labute approximate surface area is 203 Å². The second-order valence-electron chi connectivity index (χ2n) is 8.65. The second-order valence-corrected chi connectivity index (χ2v) is 9.71. The van der Waals surface area contributed by atoms with E-state index in [2.05, 4.69) is 27.0 Å². The van der Waals surface area contributed by atoms with Crippen LogP contribution in [0.1, 0.15) is 12.8 Å². The van der Waals surface area contributed by atoms with Crippen LogP contribution in [0.15, 0.2) is 76.9 Å². The number of nitrogens with zero attached hydrogens (tertiary/aromatic N) is 5. The highest BCUT2D eigenvalue weighted by Gasteiger charge is 2.32. The summed E-state index contributed by atoms with van der Waals surface area (Å²) in [4.78, 5) is 29.9. The van der Waals surface area contributed by atoms with Gasteiger partial charge in [-0.05, 0) is 37.1 Å². The normalized spacial score (nSPS) is 18.7. The smallest absolute Gasteiger partial charge is 0.227 e. The number of hydrogen-bond acceptors (Lipinski definition) is 6. The fourth-order valence-corrected chi connectivity index (χ4v) is 5.62. The van der Waals surface area contributed by atoms with Crippen LogP contribution in [0.5, 0.6) is 0 Å². The van der Waals surface area contributed by atoms with Gasteiger partial charge >= 0.3 is 0 Å². The predicted molar refractivity (Wildman–Crippen MR) is 133 cm³/mol. The number of aromatic nitrogens is 2. The molecule has 34 heavy (non-hydrogen) atoms. The summed E-state index contributed by atoms with van der Waals surface area (Å²) in [6, 6.07) is 17.0. The number of anilines is 2. The number of benzene rings is 2. The minimum atomic E-state index is -0.210. The average Bonchev–Trinajstić information content (AvgIpc) is 2.90. The first-order valence-corrected chi connectivity index (χ1v) is 12.6. The molecule has 1 aromatic heterocycles. The van der Waals surface area contributed by atoms with Gasteiger partial charge in [0, 0.05) is 56.6 Å². The number of carbonyl (C=O) groups excluding carboxylic acids is 1. The second kappa shape index (κ2) is 10.4. The largest absolute Gasteiger partial charge is 0.366 e. The minimum absolute atomic E-state index is 0.0645. The number of para-hydroxylation sites is 1. The predicted octanol–water partition coefficient (Wildman–Crippen LogP) is 4.33. The van der Waals surface area contributed by atoms with E-state index in [0.717, 1.165) is 35.1 Å². The quantitative estimate of drug-likeness (QED) is 0.545. The molecule has 0 bridgehead atoms. The van der Waals surface area contributed by atoms with Gasteiger partial charge in [-0.1, -0.05) is 42.1 Å². The minimum Gasteiger partial charge on any atom is -0.366 e. The zero-order valence-electron chi connectivity index (χ0n) is 19.0. The van der Waals surface area contributed by atoms with Gasteiger partial charge in [-0.3, -0.25) is 4.79 Å². The van der Waals surface area contributed by atoms with E-state index >= 15 is 0 Å². The molecule has 2 saturated heterocycles. The molecule has 2 aliphatic rings. The van der Waals surface area contributed by atoms with E-state index < -0.39 is 0 Å². The summed E-state index contributed by atoms with van der Waals surface area (Å²) in [6.45, 7) is 4.03. The molecule has 1 atom stereocenters. The first kappa shape index (κ1) is 22.7. The van der Waals surface area contributed by atoms with Crippen molar-refractivity contribution in [1.82, 2.24) is 14.9 Å². The van der Waals surface area contributed by atoms with Crippen LogP contribution in [0, 0.1) is 11.7 Å². The molecule has 3 aromatic rings. The standard InChI is InChI=1S/C26H28FN5OS/c27-22-10-4-5-11-23(22)30-15-17-31(18-16-30)26(33)20-7-6-14-32(19-20)24-25(29-13-12-28-24)34-21-8-2-1-3-9-21/h1-5,8-13,20H,6-7,14-19H2. The lowest BCUT2D eigenvalue weighted by Crippen LogP contribution is -2.53. The Bertz CT molecular complexity index is 1120. The number of piperidine rings is 1. The Morgan fingerprint density at radius 2 is 1.62 bits per heavy atom. The number of rotatable bonds is 5. The molecule has 6 nitrogen and oxygen atoms in total. The van der Waals surface area contributed by atoms with Crippen LogP contribution in [0.2, 0.25) is 0 Å². The van der Waals surface area contributed by atoms with Crippen LogP contribution < -0.4 is 9.80 Å². The van der Waals surface area contributed by atoms with E-state index in [4.69, 9.17) is 0 Å². The fraction of sp³-hybridized carbons (Fsp3) is 0.346. The van der Waals surface area contributed by atoms with Gasteiger partial charge < -0.3 is 14.7 Å². The summed E-state index contributed by atoms with van der Waals surface area (Å²) >= 11 is 1.60. The molecule has 1 amide bonds. The van der Waals surface area contributed by atoms with E-state index in [1.807, 2.05) is 34.1 Å². The summed E-state index contributed by atoms with van der Waals surface area (Å²) in [5.74, 6) is 0.765. The first-order chi connectivity index (χ1) is 16.7. The van der Waals surface area contributed by atoms with Crippen molar-refractivity contribution >= 4 is 29.2 Å². The van der Waals surface area contributed by atoms with Gasteiger partial charge in [-0.2, -0.15) is 0 Å². The number of hydrogen-bond donors (Lipinski definition) is 0. The molecule has 0 saturated carbocycles. The maximum atomic E-state index is 14.2.